The normalized spacial score (nSPS) is 27.3. The largest absolute Gasteiger partial charge is 0.339 e. The Hall–Kier alpha value is -1.71. The summed E-state index contributed by atoms with van der Waals surface area (Å²) >= 11 is 0. The first-order valence-electron chi connectivity index (χ1n) is 6.09. The summed E-state index contributed by atoms with van der Waals surface area (Å²) in [4.78, 5) is 4.16. The van der Waals surface area contributed by atoms with E-state index in [9.17, 15) is 0 Å². The lowest BCUT2D eigenvalue weighted by atomic mass is 9.99. The van der Waals surface area contributed by atoms with Gasteiger partial charge in [-0.05, 0) is 13.0 Å². The van der Waals surface area contributed by atoms with Gasteiger partial charge in [0, 0.05) is 23.5 Å². The molecule has 0 radical (unpaired) electrons. The Morgan fingerprint density at radius 1 is 1.11 bits per heavy atom. The van der Waals surface area contributed by atoms with Crippen LogP contribution in [0.1, 0.15) is 18.1 Å². The maximum atomic E-state index is 6.06. The van der Waals surface area contributed by atoms with Crippen molar-refractivity contribution in [2.75, 3.05) is 6.61 Å². The highest BCUT2D eigenvalue weighted by atomic mass is 16.7. The van der Waals surface area contributed by atoms with Gasteiger partial charge in [0.2, 0.25) is 5.79 Å². The van der Waals surface area contributed by atoms with E-state index in [1.807, 2.05) is 49.4 Å². The first-order chi connectivity index (χ1) is 8.81. The fraction of sp³-hybridized carbons (Fsp3) is 0.267. The van der Waals surface area contributed by atoms with Gasteiger partial charge < -0.3 is 9.47 Å². The molecular formula is C15H15NO2. The molecule has 2 heterocycles. The predicted octanol–water partition coefficient (Wildman–Crippen LogP) is 2.72. The van der Waals surface area contributed by atoms with Gasteiger partial charge in [0.25, 0.3) is 0 Å². The molecule has 0 spiro atoms. The molecule has 0 N–H and O–H groups in total. The Labute approximate surface area is 106 Å². The van der Waals surface area contributed by atoms with Crippen LogP contribution in [0.3, 0.4) is 0 Å². The Kier molecular flexibility index (Phi) is 2.86. The molecule has 2 atom stereocenters. The molecule has 1 aliphatic heterocycles. The maximum absolute atomic E-state index is 6.06. The molecule has 3 nitrogen and oxygen atoms in total. The van der Waals surface area contributed by atoms with Crippen molar-refractivity contribution < 1.29 is 9.47 Å². The molecule has 1 fully saturated rings. The lowest BCUT2D eigenvalue weighted by molar-refractivity contribution is -0.140. The van der Waals surface area contributed by atoms with Gasteiger partial charge in [0.1, 0.15) is 0 Å². The summed E-state index contributed by atoms with van der Waals surface area (Å²) in [7, 11) is 0. The Bertz CT molecular complexity index is 473. The van der Waals surface area contributed by atoms with Crippen LogP contribution in [0, 0.1) is 0 Å². The minimum Gasteiger partial charge on any atom is -0.339 e. The molecule has 2 unspecified atom stereocenters. The molecule has 1 saturated heterocycles. The Morgan fingerprint density at radius 3 is 2.50 bits per heavy atom. The van der Waals surface area contributed by atoms with E-state index in [0.717, 1.165) is 11.1 Å². The van der Waals surface area contributed by atoms with Crippen LogP contribution in [-0.4, -0.2) is 17.7 Å². The van der Waals surface area contributed by atoms with Gasteiger partial charge in [-0.3, -0.25) is 4.98 Å². The molecule has 1 aromatic heterocycles. The fourth-order valence-electron chi connectivity index (χ4n) is 2.27. The van der Waals surface area contributed by atoms with Crippen molar-refractivity contribution in [1.29, 1.82) is 0 Å². The summed E-state index contributed by atoms with van der Waals surface area (Å²) < 4.78 is 12.0. The van der Waals surface area contributed by atoms with Crippen LogP contribution < -0.4 is 0 Å². The van der Waals surface area contributed by atoms with Crippen LogP contribution in [0.25, 0.3) is 0 Å². The molecule has 1 aliphatic rings. The molecule has 2 aromatic rings. The van der Waals surface area contributed by atoms with Gasteiger partial charge in [-0.25, -0.2) is 0 Å². The number of rotatable bonds is 2. The minimum absolute atomic E-state index is 0.0745. The number of hydrogen-bond donors (Lipinski definition) is 0. The van der Waals surface area contributed by atoms with Crippen LogP contribution in [0.2, 0.25) is 0 Å². The van der Waals surface area contributed by atoms with Crippen molar-refractivity contribution in [3.63, 3.8) is 0 Å². The predicted molar refractivity (Wildman–Crippen MR) is 68.0 cm³/mol. The van der Waals surface area contributed by atoms with E-state index in [4.69, 9.17) is 9.47 Å². The number of benzene rings is 1. The van der Waals surface area contributed by atoms with Crippen molar-refractivity contribution in [3.8, 4) is 0 Å². The Balaban J connectivity index is 2.11. The lowest BCUT2D eigenvalue weighted by Gasteiger charge is -2.28. The van der Waals surface area contributed by atoms with Gasteiger partial charge in [-0.2, -0.15) is 0 Å². The van der Waals surface area contributed by atoms with Gasteiger partial charge >= 0.3 is 0 Å². The topological polar surface area (TPSA) is 31.4 Å². The zero-order chi connectivity index (χ0) is 12.4. The second-order valence-corrected chi connectivity index (χ2v) is 4.46. The fourth-order valence-corrected chi connectivity index (χ4v) is 2.27. The molecule has 0 bridgehead atoms. The third-order valence-corrected chi connectivity index (χ3v) is 3.08. The van der Waals surface area contributed by atoms with Crippen molar-refractivity contribution in [3.05, 3.63) is 66.0 Å². The molecule has 3 heteroatoms. The first kappa shape index (κ1) is 11.4. The maximum Gasteiger partial charge on any atom is 0.224 e. The third kappa shape index (κ3) is 1.82. The van der Waals surface area contributed by atoms with Crippen molar-refractivity contribution in [2.45, 2.75) is 18.8 Å². The summed E-state index contributed by atoms with van der Waals surface area (Å²) in [6.45, 7) is 2.60. The van der Waals surface area contributed by atoms with Crippen LogP contribution in [0.5, 0.6) is 0 Å². The van der Waals surface area contributed by atoms with E-state index >= 15 is 0 Å². The van der Waals surface area contributed by atoms with Crippen LogP contribution in [0.15, 0.2) is 54.9 Å². The van der Waals surface area contributed by atoms with E-state index in [1.54, 1.807) is 12.4 Å². The van der Waals surface area contributed by atoms with Gasteiger partial charge in [0.15, 0.2) is 0 Å². The SMILES string of the molecule is CC1COC(c2ccccc2)(c2cccnc2)O1. The van der Waals surface area contributed by atoms with E-state index in [0.29, 0.717) is 6.61 Å². The number of pyridine rings is 1. The second-order valence-electron chi connectivity index (χ2n) is 4.46. The van der Waals surface area contributed by atoms with Gasteiger partial charge in [-0.1, -0.05) is 36.4 Å². The highest BCUT2D eigenvalue weighted by Crippen LogP contribution is 2.39. The van der Waals surface area contributed by atoms with E-state index in [1.165, 1.54) is 0 Å². The van der Waals surface area contributed by atoms with Crippen molar-refractivity contribution in [1.82, 2.24) is 4.98 Å². The molecule has 3 rings (SSSR count). The lowest BCUT2D eigenvalue weighted by Crippen LogP contribution is -2.29. The molecular weight excluding hydrogens is 226 g/mol. The van der Waals surface area contributed by atoms with Crippen molar-refractivity contribution in [2.24, 2.45) is 0 Å². The average Bonchev–Trinajstić information content (AvgIpc) is 2.84. The average molecular weight is 241 g/mol. The van der Waals surface area contributed by atoms with Gasteiger partial charge in [0.05, 0.1) is 12.7 Å². The second kappa shape index (κ2) is 4.52. The molecule has 0 aliphatic carbocycles. The highest BCUT2D eigenvalue weighted by molar-refractivity contribution is 5.33. The van der Waals surface area contributed by atoms with Crippen LogP contribution >= 0.6 is 0 Å². The molecule has 0 amide bonds. The number of ether oxygens (including phenoxy) is 2. The highest BCUT2D eigenvalue weighted by Gasteiger charge is 2.43. The smallest absolute Gasteiger partial charge is 0.224 e. The molecule has 18 heavy (non-hydrogen) atoms. The standard InChI is InChI=1S/C15H15NO2/c1-12-11-17-15(18-12,13-6-3-2-4-7-13)14-8-5-9-16-10-14/h2-10,12H,11H2,1H3. The molecule has 92 valence electrons. The molecule has 0 saturated carbocycles. The monoisotopic (exact) mass is 241 g/mol. The number of nitrogens with zero attached hydrogens (tertiary/aromatic N) is 1. The number of aromatic nitrogens is 1. The van der Waals surface area contributed by atoms with Crippen molar-refractivity contribution >= 4 is 0 Å². The third-order valence-electron chi connectivity index (χ3n) is 3.08. The summed E-state index contributed by atoms with van der Waals surface area (Å²) in [5, 5.41) is 0. The summed E-state index contributed by atoms with van der Waals surface area (Å²) in [5.74, 6) is -0.811. The number of hydrogen-bond acceptors (Lipinski definition) is 3. The summed E-state index contributed by atoms with van der Waals surface area (Å²) in [6, 6.07) is 13.9. The minimum atomic E-state index is -0.811. The van der Waals surface area contributed by atoms with E-state index in [2.05, 4.69) is 4.98 Å². The van der Waals surface area contributed by atoms with Crippen LogP contribution in [0.4, 0.5) is 0 Å². The quantitative estimate of drug-likeness (QED) is 0.810. The summed E-state index contributed by atoms with van der Waals surface area (Å²) in [5.41, 5.74) is 1.93. The van der Waals surface area contributed by atoms with E-state index < -0.39 is 5.79 Å². The van der Waals surface area contributed by atoms with Gasteiger partial charge in [-0.15, -0.1) is 0 Å². The Morgan fingerprint density at radius 2 is 1.89 bits per heavy atom. The molecule has 1 aromatic carbocycles. The van der Waals surface area contributed by atoms with Crippen LogP contribution in [-0.2, 0) is 15.3 Å². The summed E-state index contributed by atoms with van der Waals surface area (Å²) in [6.07, 6.45) is 3.62. The zero-order valence-electron chi connectivity index (χ0n) is 10.2. The van der Waals surface area contributed by atoms with E-state index in [-0.39, 0.29) is 6.10 Å². The first-order valence-corrected chi connectivity index (χ1v) is 6.09. The zero-order valence-corrected chi connectivity index (χ0v) is 10.2.